The summed E-state index contributed by atoms with van der Waals surface area (Å²) in [6, 6.07) is 20.0. The van der Waals surface area contributed by atoms with Crippen molar-refractivity contribution in [1.82, 2.24) is 20.1 Å². The van der Waals surface area contributed by atoms with E-state index in [2.05, 4.69) is 39.5 Å². The molecule has 3 atom stereocenters. The summed E-state index contributed by atoms with van der Waals surface area (Å²) >= 11 is 0. The van der Waals surface area contributed by atoms with Gasteiger partial charge >= 0.3 is 0 Å². The van der Waals surface area contributed by atoms with E-state index in [9.17, 15) is 9.59 Å². The average Bonchev–Trinajstić information content (AvgIpc) is 3.16. The first kappa shape index (κ1) is 21.1. The van der Waals surface area contributed by atoms with Gasteiger partial charge < -0.3 is 9.80 Å². The number of nitrogens with one attached hydrogen (secondary N) is 1. The lowest BCUT2D eigenvalue weighted by molar-refractivity contribution is -0.141. The van der Waals surface area contributed by atoms with Gasteiger partial charge in [-0.25, -0.2) is 10.4 Å². The Kier molecular flexibility index (Phi) is 5.95. The zero-order chi connectivity index (χ0) is 22.1. The van der Waals surface area contributed by atoms with E-state index in [1.165, 1.54) is 5.56 Å². The minimum Gasteiger partial charge on any atom is -0.340 e. The number of rotatable bonds is 4. The monoisotopic (exact) mass is 433 g/mol. The maximum absolute atomic E-state index is 13.6. The van der Waals surface area contributed by atoms with Gasteiger partial charge in [-0.15, -0.1) is 0 Å². The Balaban J connectivity index is 1.25. The van der Waals surface area contributed by atoms with E-state index in [0.717, 1.165) is 38.4 Å². The molecule has 1 N–H and O–H groups in total. The molecule has 3 fully saturated rings. The maximum Gasteiger partial charge on any atom is 0.247 e. The van der Waals surface area contributed by atoms with Gasteiger partial charge in [0.1, 0.15) is 0 Å². The average molecular weight is 434 g/mol. The number of nitrogens with zero attached hydrogens (tertiary/aromatic N) is 4. The van der Waals surface area contributed by atoms with Crippen molar-refractivity contribution in [2.45, 2.75) is 12.6 Å². The van der Waals surface area contributed by atoms with Gasteiger partial charge in [0.25, 0.3) is 0 Å². The number of hydrogen-bond acceptors (Lipinski definition) is 5. The van der Waals surface area contributed by atoms with Gasteiger partial charge in [-0.05, 0) is 24.7 Å². The van der Waals surface area contributed by atoms with E-state index in [1.54, 1.807) is 5.01 Å². The van der Waals surface area contributed by atoms with E-state index in [4.69, 9.17) is 0 Å². The highest BCUT2D eigenvalue weighted by Crippen LogP contribution is 2.32. The van der Waals surface area contributed by atoms with E-state index < -0.39 is 0 Å². The first-order valence-corrected chi connectivity index (χ1v) is 11.5. The minimum atomic E-state index is -0.225. The number of anilines is 1. The zero-order valence-electron chi connectivity index (χ0n) is 18.6. The number of para-hydroxylation sites is 1. The number of hydrogen-bond donors (Lipinski definition) is 1. The molecule has 2 aromatic rings. The van der Waals surface area contributed by atoms with Crippen LogP contribution >= 0.6 is 0 Å². The maximum atomic E-state index is 13.6. The topological polar surface area (TPSA) is 59.1 Å². The normalized spacial score (nSPS) is 26.9. The quantitative estimate of drug-likeness (QED) is 0.791. The highest BCUT2D eigenvalue weighted by Gasteiger charge is 2.51. The van der Waals surface area contributed by atoms with Crippen molar-refractivity contribution >= 4 is 17.5 Å². The SMILES string of the molecule is CN1CC(C(=O)N2CCN(Cc3ccccc3)CC2)C2NN(c3ccccc3)C(=O)C2C1. The molecule has 3 aliphatic rings. The molecule has 0 bridgehead atoms. The molecule has 7 nitrogen and oxygen atoms in total. The molecular formula is C25H31N5O2. The van der Waals surface area contributed by atoms with Gasteiger partial charge in [0.15, 0.2) is 0 Å². The van der Waals surface area contributed by atoms with Crippen molar-refractivity contribution in [3.8, 4) is 0 Å². The summed E-state index contributed by atoms with van der Waals surface area (Å²) in [5, 5.41) is 1.65. The summed E-state index contributed by atoms with van der Waals surface area (Å²) in [6.07, 6.45) is 0. The highest BCUT2D eigenvalue weighted by molar-refractivity contribution is 5.98. The highest BCUT2D eigenvalue weighted by atomic mass is 16.2. The molecule has 3 aliphatic heterocycles. The Bertz CT molecular complexity index is 945. The molecule has 3 unspecified atom stereocenters. The number of piperazine rings is 1. The number of amides is 2. The second-order valence-corrected chi connectivity index (χ2v) is 9.19. The molecule has 32 heavy (non-hydrogen) atoms. The number of carbonyl (C=O) groups excluding carboxylic acids is 2. The third-order valence-electron chi connectivity index (χ3n) is 6.96. The lowest BCUT2D eigenvalue weighted by Gasteiger charge is -2.41. The summed E-state index contributed by atoms with van der Waals surface area (Å²) in [4.78, 5) is 33.3. The van der Waals surface area contributed by atoms with Gasteiger partial charge in [0.05, 0.1) is 23.6 Å². The van der Waals surface area contributed by atoms with Crippen LogP contribution in [0.25, 0.3) is 0 Å². The Hall–Kier alpha value is -2.74. The first-order chi connectivity index (χ1) is 15.6. The van der Waals surface area contributed by atoms with E-state index >= 15 is 0 Å². The number of fused-ring (bicyclic) bond motifs is 1. The van der Waals surface area contributed by atoms with Crippen molar-refractivity contribution in [2.75, 3.05) is 51.3 Å². The van der Waals surface area contributed by atoms with Gasteiger partial charge in [-0.2, -0.15) is 0 Å². The number of piperidine rings is 1. The summed E-state index contributed by atoms with van der Waals surface area (Å²) < 4.78 is 0. The molecule has 0 spiro atoms. The smallest absolute Gasteiger partial charge is 0.247 e. The molecule has 168 valence electrons. The molecule has 3 heterocycles. The summed E-state index contributed by atoms with van der Waals surface area (Å²) in [6.45, 7) is 5.49. The Morgan fingerprint density at radius 3 is 2.28 bits per heavy atom. The molecule has 2 aromatic carbocycles. The van der Waals surface area contributed by atoms with Crippen molar-refractivity contribution in [3.63, 3.8) is 0 Å². The van der Waals surface area contributed by atoms with Crippen LogP contribution < -0.4 is 10.4 Å². The molecule has 0 aliphatic carbocycles. The fourth-order valence-electron chi connectivity index (χ4n) is 5.26. The van der Waals surface area contributed by atoms with Crippen LogP contribution in [0.5, 0.6) is 0 Å². The van der Waals surface area contributed by atoms with Gasteiger partial charge in [0.2, 0.25) is 11.8 Å². The third kappa shape index (κ3) is 4.16. The standard InChI is InChI=1S/C25H31N5O2/c1-27-17-21(23-22(18-27)25(32)30(26-23)20-10-6-3-7-11-20)24(31)29-14-12-28(13-15-29)16-19-8-4-2-5-9-19/h2-11,21-23,26H,12-18H2,1H3. The number of hydrazine groups is 1. The van der Waals surface area contributed by atoms with Crippen molar-refractivity contribution in [1.29, 1.82) is 0 Å². The van der Waals surface area contributed by atoms with Gasteiger partial charge in [-0.1, -0.05) is 48.5 Å². The van der Waals surface area contributed by atoms with E-state index in [1.807, 2.05) is 48.3 Å². The number of likely N-dealkylation sites (tertiary alicyclic amines) is 1. The third-order valence-corrected chi connectivity index (χ3v) is 6.96. The van der Waals surface area contributed by atoms with Crippen LogP contribution in [-0.2, 0) is 16.1 Å². The fraction of sp³-hybridized carbons (Fsp3) is 0.440. The molecular weight excluding hydrogens is 402 g/mol. The molecule has 5 rings (SSSR count). The second kappa shape index (κ2) is 9.02. The van der Waals surface area contributed by atoms with Crippen LogP contribution in [-0.4, -0.2) is 78.9 Å². The molecule has 2 amide bonds. The largest absolute Gasteiger partial charge is 0.340 e. The van der Waals surface area contributed by atoms with Crippen LogP contribution in [0, 0.1) is 11.8 Å². The first-order valence-electron chi connectivity index (χ1n) is 11.5. The Morgan fingerprint density at radius 2 is 1.59 bits per heavy atom. The summed E-state index contributed by atoms with van der Waals surface area (Å²) in [7, 11) is 2.01. The van der Waals surface area contributed by atoms with Gasteiger partial charge in [-0.3, -0.25) is 14.5 Å². The number of benzene rings is 2. The van der Waals surface area contributed by atoms with Crippen molar-refractivity contribution in [2.24, 2.45) is 11.8 Å². The van der Waals surface area contributed by atoms with Crippen LogP contribution in [0.2, 0.25) is 0 Å². The van der Waals surface area contributed by atoms with Gasteiger partial charge in [0, 0.05) is 45.8 Å². The Labute approximate surface area is 189 Å². The Morgan fingerprint density at radius 1 is 0.938 bits per heavy atom. The van der Waals surface area contributed by atoms with Crippen LogP contribution in [0.3, 0.4) is 0 Å². The van der Waals surface area contributed by atoms with E-state index in [0.29, 0.717) is 13.1 Å². The predicted molar refractivity (Wildman–Crippen MR) is 124 cm³/mol. The molecule has 0 saturated carbocycles. The molecule has 0 radical (unpaired) electrons. The molecule has 0 aromatic heterocycles. The molecule has 7 heteroatoms. The van der Waals surface area contributed by atoms with E-state index in [-0.39, 0.29) is 29.7 Å². The van der Waals surface area contributed by atoms with Crippen LogP contribution in [0.1, 0.15) is 5.56 Å². The summed E-state index contributed by atoms with van der Waals surface area (Å²) in [5.41, 5.74) is 5.52. The summed E-state index contributed by atoms with van der Waals surface area (Å²) in [5.74, 6) is -0.210. The number of carbonyl (C=O) groups is 2. The van der Waals surface area contributed by atoms with Crippen molar-refractivity contribution < 1.29 is 9.59 Å². The van der Waals surface area contributed by atoms with Crippen LogP contribution in [0.15, 0.2) is 60.7 Å². The van der Waals surface area contributed by atoms with Crippen LogP contribution in [0.4, 0.5) is 5.69 Å². The lowest BCUT2D eigenvalue weighted by atomic mass is 9.84. The molecule has 3 saturated heterocycles. The van der Waals surface area contributed by atoms with Crippen molar-refractivity contribution in [3.05, 3.63) is 66.2 Å². The predicted octanol–water partition coefficient (Wildman–Crippen LogP) is 1.43. The fourth-order valence-corrected chi connectivity index (χ4v) is 5.26. The minimum absolute atomic E-state index is 0.0539. The zero-order valence-corrected chi connectivity index (χ0v) is 18.6. The lowest BCUT2D eigenvalue weighted by Crippen LogP contribution is -2.59. The second-order valence-electron chi connectivity index (χ2n) is 9.19.